The molecule has 7 heteroatoms. The molecule has 2 saturated carbocycles. The molecular weight excluding hydrogens is 691 g/mol. The summed E-state index contributed by atoms with van der Waals surface area (Å²) in [5.74, 6) is 0.183. The predicted octanol–water partition coefficient (Wildman–Crippen LogP) is 8.73. The lowest BCUT2D eigenvalue weighted by molar-refractivity contribution is -0.0000190. The number of hydrogen-bond acceptors (Lipinski definition) is 5. The molecule has 2 aliphatic rings. The van der Waals surface area contributed by atoms with E-state index in [-0.39, 0.29) is 18.2 Å². The number of aryl methyl sites for hydroxylation is 1. The topological polar surface area (TPSA) is 70.4 Å². The van der Waals surface area contributed by atoms with Crippen LogP contribution in [0, 0.1) is 0 Å². The van der Waals surface area contributed by atoms with Gasteiger partial charge in [0.2, 0.25) is 0 Å². The van der Waals surface area contributed by atoms with Crippen LogP contribution >= 0.6 is 7.26 Å². The van der Waals surface area contributed by atoms with Crippen molar-refractivity contribution in [3.63, 3.8) is 0 Å². The smallest absolute Gasteiger partial charge is 0.167 e. The molecule has 5 rings (SSSR count). The Hall–Kier alpha value is -2.17. The second-order valence-corrected chi connectivity index (χ2v) is 20.6. The number of fused-ring (bicyclic) bond motifs is 1. The first-order valence-electron chi connectivity index (χ1n) is 21.4. The molecule has 53 heavy (non-hydrogen) atoms. The Morgan fingerprint density at radius 3 is 1.83 bits per heavy atom. The van der Waals surface area contributed by atoms with E-state index in [0.717, 1.165) is 30.8 Å². The fraction of sp³-hybridized carbons (Fsp3) is 0.630. The van der Waals surface area contributed by atoms with Crippen LogP contribution in [0.5, 0.6) is 0 Å². The number of ketones is 1. The number of carbonyl (C=O) groups is 1. The summed E-state index contributed by atoms with van der Waals surface area (Å²) in [5, 5.41) is 10.5. The summed E-state index contributed by atoms with van der Waals surface area (Å²) in [5.41, 5.74) is 12.1. The third-order valence-electron chi connectivity index (χ3n) is 12.2. The van der Waals surface area contributed by atoms with Crippen LogP contribution in [0.4, 0.5) is 11.4 Å². The molecule has 0 unspecified atom stereocenters. The van der Waals surface area contributed by atoms with Crippen LogP contribution in [0.2, 0.25) is 0 Å². The summed E-state index contributed by atoms with van der Waals surface area (Å²) in [7, 11) is -1.30. The number of halogens is 1. The van der Waals surface area contributed by atoms with Gasteiger partial charge >= 0.3 is 0 Å². The second kappa shape index (κ2) is 23.0. The van der Waals surface area contributed by atoms with E-state index >= 15 is 0 Å². The number of nitrogens with two attached hydrogens (primary N) is 1. The third kappa shape index (κ3) is 12.9. The molecule has 0 saturated heterocycles. The van der Waals surface area contributed by atoms with Crippen LogP contribution in [-0.2, 0) is 12.6 Å². The zero-order valence-electron chi connectivity index (χ0n) is 33.6. The first-order chi connectivity index (χ1) is 25.4. The summed E-state index contributed by atoms with van der Waals surface area (Å²) < 4.78 is 0. The van der Waals surface area contributed by atoms with Gasteiger partial charge in [0.15, 0.2) is 5.78 Å². The van der Waals surface area contributed by atoms with Crippen LogP contribution in [-0.4, -0.2) is 49.7 Å². The number of nitrogens with one attached hydrogen (secondary N) is 2. The first kappa shape index (κ1) is 43.6. The van der Waals surface area contributed by atoms with E-state index in [1.54, 1.807) is 0 Å². The van der Waals surface area contributed by atoms with Crippen LogP contribution in [0.3, 0.4) is 0 Å². The summed E-state index contributed by atoms with van der Waals surface area (Å²) in [6, 6.07) is 20.6. The van der Waals surface area contributed by atoms with Gasteiger partial charge in [-0.15, -0.1) is 0 Å². The van der Waals surface area contributed by atoms with Crippen molar-refractivity contribution in [2.24, 2.45) is 0 Å². The van der Waals surface area contributed by atoms with Crippen LogP contribution in [0.25, 0.3) is 10.8 Å². The molecule has 2 fully saturated rings. The number of carbonyl (C=O) groups excluding carboxylic acids is 1. The summed E-state index contributed by atoms with van der Waals surface area (Å²) in [4.78, 5) is 17.3. The Labute approximate surface area is 330 Å². The Balaban J connectivity index is 0.00000627. The lowest BCUT2D eigenvalue weighted by atomic mass is 9.95. The van der Waals surface area contributed by atoms with Gasteiger partial charge in [0.05, 0.1) is 49.2 Å². The molecule has 0 aliphatic heterocycles. The monoisotopic (exact) mass is 763 g/mol. The van der Waals surface area contributed by atoms with Crippen LogP contribution in [0.15, 0.2) is 54.6 Å². The van der Waals surface area contributed by atoms with Crippen molar-refractivity contribution in [3.05, 3.63) is 71.3 Å². The number of hydrogen-bond donors (Lipinski definition) is 3. The third-order valence-corrected chi connectivity index (χ3v) is 17.0. The average Bonchev–Trinajstić information content (AvgIpc) is 3.19. The van der Waals surface area contributed by atoms with Gasteiger partial charge < -0.3 is 23.0 Å². The molecule has 0 bridgehead atoms. The highest BCUT2D eigenvalue weighted by Gasteiger charge is 2.38. The Morgan fingerprint density at radius 1 is 0.736 bits per heavy atom. The minimum Gasteiger partial charge on any atom is -1.00 e. The van der Waals surface area contributed by atoms with Gasteiger partial charge in [-0.3, -0.25) is 15.4 Å². The van der Waals surface area contributed by atoms with E-state index in [2.05, 4.69) is 90.9 Å². The standard InChI is InChI=1S/C46H71N4OP.ClH/c1-4-7-30-52(31-8-5-2,32-9-6-3)34-40-27-28-43(47)45(44(51)29-25-37-24-26-38-18-16-17-19-39(38)33-37)46(40)50(35-48-41-20-12-10-13-21-41)36-49-42-22-14-11-15-23-42;/h16-19,24,26-28,33,41-42,48-49H,4-15,20-23,25,29-32,34-36H2,1-3H3,(H-,47,51);1H. The largest absolute Gasteiger partial charge is 1.00 e. The van der Waals surface area contributed by atoms with Gasteiger partial charge in [-0.05, 0) is 73.8 Å². The van der Waals surface area contributed by atoms with Crippen LogP contribution < -0.4 is 33.7 Å². The van der Waals surface area contributed by atoms with E-state index in [1.165, 1.54) is 143 Å². The summed E-state index contributed by atoms with van der Waals surface area (Å²) in [6.45, 7) is 8.55. The van der Waals surface area contributed by atoms with Gasteiger partial charge in [0.1, 0.15) is 0 Å². The van der Waals surface area contributed by atoms with Crippen molar-refractivity contribution in [3.8, 4) is 0 Å². The number of anilines is 2. The molecule has 294 valence electrons. The average molecular weight is 764 g/mol. The maximum Gasteiger partial charge on any atom is 0.167 e. The number of Topliss-reactive ketones (excluding diaryl/α,β-unsaturated/α-hetero) is 1. The number of rotatable bonds is 22. The maximum atomic E-state index is 14.7. The molecule has 0 amide bonds. The summed E-state index contributed by atoms with van der Waals surface area (Å²) >= 11 is 0. The molecule has 3 aromatic carbocycles. The van der Waals surface area contributed by atoms with Gasteiger partial charge in [-0.1, -0.05) is 127 Å². The Kier molecular flexibility index (Phi) is 18.9. The van der Waals surface area contributed by atoms with E-state index < -0.39 is 7.26 Å². The van der Waals surface area contributed by atoms with E-state index in [4.69, 9.17) is 5.73 Å². The van der Waals surface area contributed by atoms with Crippen molar-refractivity contribution < 1.29 is 17.2 Å². The lowest BCUT2D eigenvalue weighted by Gasteiger charge is -2.36. The number of benzene rings is 3. The fourth-order valence-corrected chi connectivity index (χ4v) is 14.0. The van der Waals surface area contributed by atoms with E-state index in [9.17, 15) is 4.79 Å². The molecule has 2 aliphatic carbocycles. The molecular formula is C46H72ClN4OP. The first-order valence-corrected chi connectivity index (χ1v) is 24.0. The highest BCUT2D eigenvalue weighted by molar-refractivity contribution is 7.75. The van der Waals surface area contributed by atoms with Gasteiger partial charge in [0.25, 0.3) is 0 Å². The fourth-order valence-electron chi connectivity index (χ4n) is 8.93. The quantitative estimate of drug-likeness (QED) is 0.0414. The zero-order valence-corrected chi connectivity index (χ0v) is 35.2. The molecule has 0 atom stereocenters. The van der Waals surface area contributed by atoms with Gasteiger partial charge in [0, 0.05) is 37.0 Å². The Bertz CT molecular complexity index is 1470. The number of nitrogens with zero attached hydrogens (tertiary/aromatic N) is 1. The highest BCUT2D eigenvalue weighted by atomic mass is 35.5. The molecule has 0 spiro atoms. The molecule has 0 heterocycles. The second-order valence-electron chi connectivity index (χ2n) is 16.3. The molecule has 3 aromatic rings. The van der Waals surface area contributed by atoms with E-state index in [0.29, 0.717) is 30.6 Å². The maximum absolute atomic E-state index is 14.7. The van der Waals surface area contributed by atoms with Crippen molar-refractivity contribution in [1.29, 1.82) is 0 Å². The normalized spacial score (nSPS) is 15.8. The zero-order chi connectivity index (χ0) is 36.6. The summed E-state index contributed by atoms with van der Waals surface area (Å²) in [6.07, 6.45) is 26.9. The van der Waals surface area contributed by atoms with Crippen molar-refractivity contribution in [1.82, 2.24) is 10.6 Å². The SMILES string of the molecule is CCCC[P+](CCCC)(CCCC)Cc1ccc(N)c(C(=O)CCc2ccc3ccccc3c2)c1N(CNC1CCCCC1)CNC1CCCCC1.[Cl-]. The lowest BCUT2D eigenvalue weighted by Crippen LogP contribution is -3.00. The van der Waals surface area contributed by atoms with Crippen LogP contribution in [0.1, 0.15) is 151 Å². The minimum atomic E-state index is -1.30. The van der Waals surface area contributed by atoms with Gasteiger partial charge in [-0.25, -0.2) is 0 Å². The predicted molar refractivity (Wildman–Crippen MR) is 230 cm³/mol. The van der Waals surface area contributed by atoms with Crippen molar-refractivity contribution in [2.75, 3.05) is 42.5 Å². The van der Waals surface area contributed by atoms with Crippen molar-refractivity contribution in [2.45, 2.75) is 155 Å². The van der Waals surface area contributed by atoms with E-state index in [1.807, 2.05) is 0 Å². The van der Waals surface area contributed by atoms with Gasteiger partial charge in [-0.2, -0.15) is 0 Å². The Morgan fingerprint density at radius 2 is 1.28 bits per heavy atom. The molecule has 0 aromatic heterocycles. The number of unbranched alkanes of at least 4 members (excludes halogenated alkanes) is 3. The molecule has 0 radical (unpaired) electrons. The molecule has 4 N–H and O–H groups in total. The number of nitrogen functional groups attached to an aromatic ring is 1. The van der Waals surface area contributed by atoms with Crippen molar-refractivity contribution >= 4 is 35.2 Å². The molecule has 5 nitrogen and oxygen atoms in total. The highest BCUT2D eigenvalue weighted by Crippen LogP contribution is 2.64. The minimum absolute atomic E-state index is 0.